The van der Waals surface area contributed by atoms with Crippen LogP contribution >= 0.6 is 0 Å². The minimum absolute atomic E-state index is 0. The second kappa shape index (κ2) is 10.1. The van der Waals surface area contributed by atoms with Crippen LogP contribution in [-0.2, 0) is 29.5 Å². The van der Waals surface area contributed by atoms with Crippen molar-refractivity contribution in [3.63, 3.8) is 0 Å². The monoisotopic (exact) mass is 482 g/mol. The van der Waals surface area contributed by atoms with Gasteiger partial charge in [0.05, 0.1) is 19.6 Å². The Hall–Kier alpha value is -2.73. The lowest BCUT2D eigenvalue weighted by Crippen LogP contribution is -3.00. The van der Waals surface area contributed by atoms with Gasteiger partial charge in [0, 0.05) is 17.9 Å². The molecule has 1 aliphatic heterocycles. The van der Waals surface area contributed by atoms with Gasteiger partial charge in [0.15, 0.2) is 6.54 Å². The fraction of sp³-hybridized carbons (Fsp3) is 0.320. The summed E-state index contributed by atoms with van der Waals surface area (Å²) < 4.78 is 9.19. The number of aryl methyl sites for hydroxylation is 1. The standard InChI is InChI=1S/C25H27N2O3.BrH/c1-3-23-21(16-30-25(23)29)13-22-14-27(17-26(22)2)15-24(28)20-11-9-19(10-12-20)18-7-5-4-6-8-18;/h4-12,14,17,21,23H,3,13,15-16H2,1-2H3;1H/q+1;/p-1. The van der Waals surface area contributed by atoms with E-state index >= 15 is 0 Å². The first-order valence-electron chi connectivity index (χ1n) is 10.4. The quantitative estimate of drug-likeness (QED) is 0.281. The zero-order valence-electron chi connectivity index (χ0n) is 17.8. The van der Waals surface area contributed by atoms with E-state index in [1.165, 1.54) is 0 Å². The highest BCUT2D eigenvalue weighted by Crippen LogP contribution is 2.28. The third-order valence-electron chi connectivity index (χ3n) is 5.95. The van der Waals surface area contributed by atoms with Crippen molar-refractivity contribution in [2.75, 3.05) is 6.61 Å². The Bertz CT molecular complexity index is 1040. The molecule has 0 bridgehead atoms. The smallest absolute Gasteiger partial charge is 0.309 e. The lowest BCUT2D eigenvalue weighted by molar-refractivity contribution is -0.682. The molecule has 2 aromatic carbocycles. The molecule has 0 N–H and O–H groups in total. The molecule has 1 fully saturated rings. The minimum Gasteiger partial charge on any atom is -1.00 e. The summed E-state index contributed by atoms with van der Waals surface area (Å²) in [5.74, 6) is 0.158. The van der Waals surface area contributed by atoms with E-state index in [0.717, 1.165) is 29.7 Å². The Kier molecular flexibility index (Phi) is 7.44. The number of rotatable bonds is 7. The normalized spacial score (nSPS) is 17.8. The average molecular weight is 483 g/mol. The Balaban J connectivity index is 0.00000272. The van der Waals surface area contributed by atoms with Crippen LogP contribution in [0.1, 0.15) is 29.4 Å². The zero-order chi connectivity index (χ0) is 21.1. The summed E-state index contributed by atoms with van der Waals surface area (Å²) in [6.07, 6.45) is 5.51. The molecule has 31 heavy (non-hydrogen) atoms. The highest BCUT2D eigenvalue weighted by atomic mass is 79.9. The topological polar surface area (TPSA) is 52.2 Å². The maximum atomic E-state index is 12.8. The van der Waals surface area contributed by atoms with Gasteiger partial charge in [-0.15, -0.1) is 0 Å². The minimum atomic E-state index is -0.0845. The van der Waals surface area contributed by atoms with Crippen molar-refractivity contribution in [3.8, 4) is 11.1 Å². The molecule has 3 aromatic rings. The second-order valence-corrected chi connectivity index (χ2v) is 7.99. The van der Waals surface area contributed by atoms with E-state index in [-0.39, 0.29) is 47.1 Å². The SMILES string of the molecule is CCC1C(=O)OCC1Cc1c[n+](CC(=O)c2ccc(-c3ccccc3)cc2)cn1C.[Br-]. The molecule has 6 heteroatoms. The van der Waals surface area contributed by atoms with Crippen molar-refractivity contribution in [2.45, 2.75) is 26.3 Å². The first kappa shape index (κ1) is 22.9. The van der Waals surface area contributed by atoms with Crippen molar-refractivity contribution in [2.24, 2.45) is 18.9 Å². The van der Waals surface area contributed by atoms with Crippen LogP contribution in [-0.4, -0.2) is 22.9 Å². The fourth-order valence-corrected chi connectivity index (χ4v) is 4.21. The molecule has 1 aromatic heterocycles. The number of ether oxygens (including phenoxy) is 1. The molecule has 4 rings (SSSR count). The molecule has 0 saturated carbocycles. The number of benzene rings is 2. The van der Waals surface area contributed by atoms with Crippen LogP contribution in [0.4, 0.5) is 0 Å². The van der Waals surface area contributed by atoms with Gasteiger partial charge in [-0.3, -0.25) is 9.59 Å². The number of cyclic esters (lactones) is 1. The molecule has 0 spiro atoms. The van der Waals surface area contributed by atoms with Crippen molar-refractivity contribution in [1.29, 1.82) is 0 Å². The number of aromatic nitrogens is 2. The van der Waals surface area contributed by atoms with Gasteiger partial charge in [0.2, 0.25) is 12.1 Å². The number of hydrogen-bond acceptors (Lipinski definition) is 3. The van der Waals surface area contributed by atoms with Crippen LogP contribution < -0.4 is 21.5 Å². The fourth-order valence-electron chi connectivity index (χ4n) is 4.21. The van der Waals surface area contributed by atoms with Crippen molar-refractivity contribution in [1.82, 2.24) is 4.57 Å². The van der Waals surface area contributed by atoms with Crippen LogP contribution in [0.5, 0.6) is 0 Å². The number of hydrogen-bond donors (Lipinski definition) is 0. The first-order chi connectivity index (χ1) is 14.5. The first-order valence-corrected chi connectivity index (χ1v) is 10.4. The molecule has 0 amide bonds. The molecule has 1 aliphatic rings. The number of Topliss-reactive ketones (excluding diaryl/α,β-unsaturated/α-hetero) is 1. The van der Waals surface area contributed by atoms with Gasteiger partial charge < -0.3 is 21.7 Å². The van der Waals surface area contributed by atoms with E-state index in [9.17, 15) is 9.59 Å². The Morgan fingerprint density at radius 2 is 1.77 bits per heavy atom. The largest absolute Gasteiger partial charge is 1.00 e. The van der Waals surface area contributed by atoms with Gasteiger partial charge in [-0.2, -0.15) is 0 Å². The molecule has 162 valence electrons. The highest BCUT2D eigenvalue weighted by Gasteiger charge is 2.36. The number of carbonyl (C=O) groups is 2. The number of halogens is 1. The second-order valence-electron chi connectivity index (χ2n) is 7.99. The molecule has 2 heterocycles. The summed E-state index contributed by atoms with van der Waals surface area (Å²) >= 11 is 0. The van der Waals surface area contributed by atoms with Crippen molar-refractivity contribution in [3.05, 3.63) is 78.4 Å². The Morgan fingerprint density at radius 3 is 2.45 bits per heavy atom. The highest BCUT2D eigenvalue weighted by molar-refractivity contribution is 5.95. The number of esters is 1. The molecule has 5 nitrogen and oxygen atoms in total. The van der Waals surface area contributed by atoms with Crippen LogP contribution in [0, 0.1) is 11.8 Å². The van der Waals surface area contributed by atoms with Crippen LogP contribution in [0.2, 0.25) is 0 Å². The number of nitrogens with zero attached hydrogens (tertiary/aromatic N) is 2. The van der Waals surface area contributed by atoms with Crippen molar-refractivity contribution >= 4 is 11.8 Å². The average Bonchev–Trinajstić information content (AvgIpc) is 3.30. The predicted molar refractivity (Wildman–Crippen MR) is 114 cm³/mol. The summed E-state index contributed by atoms with van der Waals surface area (Å²) in [5.41, 5.74) is 4.04. The van der Waals surface area contributed by atoms with Gasteiger partial charge in [-0.25, -0.2) is 9.13 Å². The molecule has 2 unspecified atom stereocenters. The lowest BCUT2D eigenvalue weighted by Gasteiger charge is -2.10. The summed E-state index contributed by atoms with van der Waals surface area (Å²) in [6, 6.07) is 17.9. The van der Waals surface area contributed by atoms with E-state index in [2.05, 4.69) is 12.1 Å². The molecule has 0 aliphatic carbocycles. The van der Waals surface area contributed by atoms with E-state index < -0.39 is 0 Å². The van der Waals surface area contributed by atoms with Gasteiger partial charge >= 0.3 is 5.97 Å². The van der Waals surface area contributed by atoms with Gasteiger partial charge in [-0.1, -0.05) is 61.5 Å². The zero-order valence-corrected chi connectivity index (χ0v) is 19.4. The van der Waals surface area contributed by atoms with E-state index in [0.29, 0.717) is 12.2 Å². The summed E-state index contributed by atoms with van der Waals surface area (Å²) in [6.45, 7) is 2.79. The predicted octanol–water partition coefficient (Wildman–Crippen LogP) is 0.608. The molecular formula is C25H27BrN2O3. The molecule has 0 radical (unpaired) electrons. The third kappa shape index (κ3) is 5.13. The Labute approximate surface area is 193 Å². The van der Waals surface area contributed by atoms with E-state index in [4.69, 9.17) is 4.74 Å². The number of imidazole rings is 1. The lowest BCUT2D eigenvalue weighted by atomic mass is 9.89. The van der Waals surface area contributed by atoms with E-state index in [1.54, 1.807) is 0 Å². The Morgan fingerprint density at radius 1 is 1.10 bits per heavy atom. The summed E-state index contributed by atoms with van der Waals surface area (Å²) in [4.78, 5) is 24.6. The van der Waals surface area contributed by atoms with Crippen LogP contribution in [0.25, 0.3) is 11.1 Å². The maximum absolute atomic E-state index is 12.8. The molecule has 1 saturated heterocycles. The maximum Gasteiger partial charge on any atom is 0.309 e. The summed E-state index contributed by atoms with van der Waals surface area (Å²) in [7, 11) is 1.98. The van der Waals surface area contributed by atoms with Gasteiger partial charge in [0.25, 0.3) is 0 Å². The van der Waals surface area contributed by atoms with Crippen LogP contribution in [0.3, 0.4) is 0 Å². The molecular weight excluding hydrogens is 456 g/mol. The van der Waals surface area contributed by atoms with Gasteiger partial charge in [0.1, 0.15) is 11.9 Å². The van der Waals surface area contributed by atoms with Crippen molar-refractivity contribution < 1.29 is 35.9 Å². The summed E-state index contributed by atoms with van der Waals surface area (Å²) in [5, 5.41) is 0. The molecule has 2 atom stereocenters. The number of ketones is 1. The van der Waals surface area contributed by atoms with Gasteiger partial charge in [-0.05, 0) is 17.5 Å². The number of carbonyl (C=O) groups excluding carboxylic acids is 2. The third-order valence-corrected chi connectivity index (χ3v) is 5.95. The van der Waals surface area contributed by atoms with Crippen LogP contribution in [0.15, 0.2) is 67.1 Å². The van der Waals surface area contributed by atoms with E-state index in [1.807, 2.05) is 78.1 Å².